The number of rotatable bonds is 6. The lowest BCUT2D eigenvalue weighted by Crippen LogP contribution is -2.44. The molecule has 2 rings (SSSR count). The number of carbonyl (C=O) groups is 2. The van der Waals surface area contributed by atoms with Gasteiger partial charge in [0.2, 0.25) is 0 Å². The molecule has 0 aliphatic rings. The number of ether oxygens (including phenoxy) is 3. The Morgan fingerprint density at radius 1 is 1.22 bits per heavy atom. The minimum absolute atomic E-state index is 0.0393. The van der Waals surface area contributed by atoms with Crippen LogP contribution >= 0.6 is 0 Å². The van der Waals surface area contributed by atoms with Gasteiger partial charge in [0.25, 0.3) is 5.82 Å². The van der Waals surface area contributed by atoms with E-state index in [0.29, 0.717) is 12.3 Å². The third kappa shape index (κ3) is 4.90. The van der Waals surface area contributed by atoms with Crippen molar-refractivity contribution in [1.82, 2.24) is 9.88 Å². The fourth-order valence-corrected chi connectivity index (χ4v) is 2.88. The summed E-state index contributed by atoms with van der Waals surface area (Å²) in [5.41, 5.74) is 1.17. The highest BCUT2D eigenvalue weighted by Gasteiger charge is 2.27. The number of fused-ring (bicyclic) bond motifs is 1. The zero-order valence-electron chi connectivity index (χ0n) is 16.8. The molecule has 0 fully saturated rings. The van der Waals surface area contributed by atoms with Crippen molar-refractivity contribution in [3.8, 4) is 5.75 Å². The van der Waals surface area contributed by atoms with E-state index in [1.165, 1.54) is 7.11 Å². The SMILES string of the molecule is CCn1c(CNC(=O)OC(C)(C)C)[n+](CC(=O)OC)c2ccc(OC)cc21. The fourth-order valence-electron chi connectivity index (χ4n) is 2.88. The van der Waals surface area contributed by atoms with Gasteiger partial charge in [-0.3, -0.25) is 0 Å². The average Bonchev–Trinajstić information content (AvgIpc) is 2.90. The molecule has 1 aromatic carbocycles. The van der Waals surface area contributed by atoms with Gasteiger partial charge in [-0.1, -0.05) is 0 Å². The van der Waals surface area contributed by atoms with E-state index in [0.717, 1.165) is 16.9 Å². The molecule has 2 aromatic rings. The second-order valence-corrected chi connectivity index (χ2v) is 7.03. The summed E-state index contributed by atoms with van der Waals surface area (Å²) in [6.45, 7) is 8.31. The standard InChI is InChI=1S/C19H27N3O5/c1-7-21-15-10-13(25-5)8-9-14(15)22(12-17(23)26-6)16(21)11-20-18(24)27-19(2,3)4/h8-10H,7,11-12H2,1-6H3/p+1. The van der Waals surface area contributed by atoms with E-state index in [2.05, 4.69) is 5.32 Å². The number of amides is 1. The summed E-state index contributed by atoms with van der Waals surface area (Å²) >= 11 is 0. The Labute approximate surface area is 159 Å². The molecule has 8 heteroatoms. The maximum Gasteiger partial charge on any atom is 0.408 e. The van der Waals surface area contributed by atoms with Crippen molar-refractivity contribution in [2.45, 2.75) is 52.9 Å². The van der Waals surface area contributed by atoms with E-state index in [1.807, 2.05) is 34.3 Å². The summed E-state index contributed by atoms with van der Waals surface area (Å²) in [5.74, 6) is 1.10. The molecule has 1 N–H and O–H groups in total. The van der Waals surface area contributed by atoms with Gasteiger partial charge in [0.1, 0.15) is 17.9 Å². The molecule has 27 heavy (non-hydrogen) atoms. The van der Waals surface area contributed by atoms with Crippen LogP contribution < -0.4 is 14.6 Å². The number of hydrogen-bond acceptors (Lipinski definition) is 5. The number of benzene rings is 1. The fraction of sp³-hybridized carbons (Fsp3) is 0.526. The predicted octanol–water partition coefficient (Wildman–Crippen LogP) is 2.15. The molecule has 8 nitrogen and oxygen atoms in total. The number of nitrogens with zero attached hydrogens (tertiary/aromatic N) is 2. The van der Waals surface area contributed by atoms with Crippen molar-refractivity contribution in [3.63, 3.8) is 0 Å². The highest BCUT2D eigenvalue weighted by atomic mass is 16.6. The Morgan fingerprint density at radius 2 is 1.93 bits per heavy atom. The van der Waals surface area contributed by atoms with Gasteiger partial charge < -0.3 is 19.5 Å². The maximum atomic E-state index is 12.1. The highest BCUT2D eigenvalue weighted by Crippen LogP contribution is 2.21. The summed E-state index contributed by atoms with van der Waals surface area (Å²) < 4.78 is 19.3. The number of esters is 1. The maximum absolute atomic E-state index is 12.1. The molecular formula is C19H28N3O5+. The number of carbonyl (C=O) groups excluding carboxylic acids is 2. The van der Waals surface area contributed by atoms with Crippen LogP contribution in [0.15, 0.2) is 18.2 Å². The normalized spacial score (nSPS) is 11.3. The Morgan fingerprint density at radius 3 is 2.48 bits per heavy atom. The number of alkyl carbamates (subject to hydrolysis) is 1. The Kier molecular flexibility index (Phi) is 6.30. The van der Waals surface area contributed by atoms with E-state index in [4.69, 9.17) is 14.2 Å². The lowest BCUT2D eigenvalue weighted by molar-refractivity contribution is -0.669. The number of imidazole rings is 1. The average molecular weight is 378 g/mol. The molecule has 0 spiro atoms. The smallest absolute Gasteiger partial charge is 0.408 e. The molecule has 0 aliphatic heterocycles. The van der Waals surface area contributed by atoms with E-state index in [-0.39, 0.29) is 19.1 Å². The van der Waals surface area contributed by atoms with Crippen molar-refractivity contribution in [2.24, 2.45) is 0 Å². The molecule has 0 radical (unpaired) electrons. The van der Waals surface area contributed by atoms with Gasteiger partial charge in [-0.2, -0.15) is 0 Å². The molecule has 1 heterocycles. The molecule has 0 saturated carbocycles. The molecular weight excluding hydrogens is 350 g/mol. The number of hydrogen-bond donors (Lipinski definition) is 1. The summed E-state index contributed by atoms with van der Waals surface area (Å²) in [5, 5.41) is 2.77. The van der Waals surface area contributed by atoms with E-state index < -0.39 is 11.7 Å². The molecule has 0 bridgehead atoms. The van der Waals surface area contributed by atoms with Gasteiger partial charge in [0.15, 0.2) is 17.6 Å². The molecule has 148 valence electrons. The number of nitrogens with one attached hydrogen (secondary N) is 1. The molecule has 0 atom stereocenters. The highest BCUT2D eigenvalue weighted by molar-refractivity contribution is 5.76. The summed E-state index contributed by atoms with van der Waals surface area (Å²) in [6.07, 6.45) is -0.516. The Balaban J connectivity index is 2.45. The Hall–Kier alpha value is -2.77. The molecule has 0 unspecified atom stereocenters. The van der Waals surface area contributed by atoms with Crippen LogP contribution in [0.3, 0.4) is 0 Å². The van der Waals surface area contributed by atoms with Crippen LogP contribution in [0, 0.1) is 0 Å². The second kappa shape index (κ2) is 8.28. The van der Waals surface area contributed by atoms with Gasteiger partial charge in [0, 0.05) is 6.07 Å². The topological polar surface area (TPSA) is 82.7 Å². The van der Waals surface area contributed by atoms with Crippen LogP contribution in [0.25, 0.3) is 11.0 Å². The quantitative estimate of drug-likeness (QED) is 0.615. The minimum atomic E-state index is -0.586. The first-order chi connectivity index (χ1) is 12.7. The third-order valence-corrected chi connectivity index (χ3v) is 4.01. The van der Waals surface area contributed by atoms with Gasteiger partial charge in [-0.25, -0.2) is 18.7 Å². The molecule has 0 saturated heterocycles. The lowest BCUT2D eigenvalue weighted by Gasteiger charge is -2.19. The number of aromatic nitrogens is 2. The van der Waals surface area contributed by atoms with Crippen LogP contribution in [-0.2, 0) is 33.9 Å². The predicted molar refractivity (Wildman–Crippen MR) is 99.4 cm³/mol. The van der Waals surface area contributed by atoms with E-state index >= 15 is 0 Å². The van der Waals surface area contributed by atoms with Crippen molar-refractivity contribution >= 4 is 23.1 Å². The van der Waals surface area contributed by atoms with Crippen molar-refractivity contribution in [1.29, 1.82) is 0 Å². The van der Waals surface area contributed by atoms with Gasteiger partial charge in [-0.15, -0.1) is 0 Å². The van der Waals surface area contributed by atoms with E-state index in [1.54, 1.807) is 27.9 Å². The van der Waals surface area contributed by atoms with Crippen molar-refractivity contribution in [3.05, 3.63) is 24.0 Å². The van der Waals surface area contributed by atoms with Crippen LogP contribution in [0.2, 0.25) is 0 Å². The lowest BCUT2D eigenvalue weighted by atomic mass is 10.2. The molecule has 1 amide bonds. The zero-order valence-corrected chi connectivity index (χ0v) is 16.8. The largest absolute Gasteiger partial charge is 0.497 e. The molecule has 0 aliphatic carbocycles. The Bertz CT molecular complexity index is 836. The number of aryl methyl sites for hydroxylation is 1. The summed E-state index contributed by atoms with van der Waals surface area (Å²) in [4.78, 5) is 24.0. The first-order valence-electron chi connectivity index (χ1n) is 8.82. The molecule has 1 aromatic heterocycles. The van der Waals surface area contributed by atoms with Crippen LogP contribution in [0.1, 0.15) is 33.5 Å². The zero-order chi connectivity index (χ0) is 20.2. The first kappa shape index (κ1) is 20.5. The van der Waals surface area contributed by atoms with Crippen molar-refractivity contribution < 1.29 is 28.4 Å². The van der Waals surface area contributed by atoms with Gasteiger partial charge in [-0.05, 0) is 39.8 Å². The summed E-state index contributed by atoms with van der Waals surface area (Å²) in [7, 11) is 2.96. The van der Waals surface area contributed by atoms with Crippen LogP contribution in [-0.4, -0.2) is 36.5 Å². The van der Waals surface area contributed by atoms with Crippen LogP contribution in [0.4, 0.5) is 4.79 Å². The minimum Gasteiger partial charge on any atom is -0.497 e. The summed E-state index contributed by atoms with van der Waals surface area (Å²) in [6, 6.07) is 5.63. The second-order valence-electron chi connectivity index (χ2n) is 7.03. The first-order valence-corrected chi connectivity index (χ1v) is 8.82. The van der Waals surface area contributed by atoms with Gasteiger partial charge in [0.05, 0.1) is 20.8 Å². The van der Waals surface area contributed by atoms with E-state index in [9.17, 15) is 9.59 Å². The van der Waals surface area contributed by atoms with Gasteiger partial charge >= 0.3 is 12.1 Å². The van der Waals surface area contributed by atoms with Crippen LogP contribution in [0.5, 0.6) is 5.75 Å². The monoisotopic (exact) mass is 378 g/mol. The number of methoxy groups -OCH3 is 2. The van der Waals surface area contributed by atoms with Crippen molar-refractivity contribution in [2.75, 3.05) is 14.2 Å². The third-order valence-electron chi connectivity index (χ3n) is 4.01.